The lowest BCUT2D eigenvalue weighted by Gasteiger charge is -2.38. The van der Waals surface area contributed by atoms with Gasteiger partial charge in [0.25, 0.3) is 0 Å². The first-order chi connectivity index (χ1) is 5.96. The van der Waals surface area contributed by atoms with Crippen molar-refractivity contribution >= 4 is 18.5 Å². The highest BCUT2D eigenvalue weighted by atomic mass is 32.1. The van der Waals surface area contributed by atoms with Crippen LogP contribution in [0.15, 0.2) is 0 Å². The van der Waals surface area contributed by atoms with Crippen LogP contribution in [0.25, 0.3) is 0 Å². The van der Waals surface area contributed by atoms with Crippen molar-refractivity contribution in [2.75, 3.05) is 13.1 Å². The van der Waals surface area contributed by atoms with Crippen LogP contribution in [0.2, 0.25) is 0 Å². The van der Waals surface area contributed by atoms with Gasteiger partial charge in [0, 0.05) is 18.5 Å². The fraction of sp³-hybridized carbons (Fsp3) is 0.875. The van der Waals surface area contributed by atoms with Gasteiger partial charge in [-0.2, -0.15) is 12.6 Å². The van der Waals surface area contributed by atoms with Crippen LogP contribution < -0.4 is 11.5 Å². The van der Waals surface area contributed by atoms with Crippen LogP contribution in [0.4, 0.5) is 0 Å². The molecule has 13 heavy (non-hydrogen) atoms. The summed E-state index contributed by atoms with van der Waals surface area (Å²) in [5, 5.41) is 0.220. The van der Waals surface area contributed by atoms with Crippen molar-refractivity contribution in [1.29, 1.82) is 0 Å². The Kier molecular flexibility index (Phi) is 3.21. The number of nitrogens with zero attached hydrogens (tertiary/aromatic N) is 1. The summed E-state index contributed by atoms with van der Waals surface area (Å²) in [6, 6.07) is 0. The molecule has 4 nitrogen and oxygen atoms in total. The van der Waals surface area contributed by atoms with Crippen molar-refractivity contribution in [2.24, 2.45) is 11.5 Å². The van der Waals surface area contributed by atoms with E-state index in [1.165, 1.54) is 0 Å². The standard InChI is InChI=1S/C8H17N3OS/c1-6(13)11-4-2-8(10,3-5-11)7(9)12/h6,13H,2-5,10H2,1H3,(H2,9,12). The minimum Gasteiger partial charge on any atom is -0.368 e. The fourth-order valence-corrected chi connectivity index (χ4v) is 1.77. The molecule has 1 heterocycles. The number of piperidine rings is 1. The summed E-state index contributed by atoms with van der Waals surface area (Å²) in [4.78, 5) is 13.2. The Labute approximate surface area is 84.0 Å². The maximum atomic E-state index is 11.0. The summed E-state index contributed by atoms with van der Waals surface area (Å²) >= 11 is 4.32. The van der Waals surface area contributed by atoms with Crippen LogP contribution in [0, 0.1) is 0 Å². The zero-order chi connectivity index (χ0) is 10.1. The van der Waals surface area contributed by atoms with Crippen LogP contribution in [0.5, 0.6) is 0 Å². The second-order valence-corrected chi connectivity index (χ2v) is 4.44. The quantitative estimate of drug-likeness (QED) is 0.532. The van der Waals surface area contributed by atoms with Gasteiger partial charge in [0.15, 0.2) is 0 Å². The van der Waals surface area contributed by atoms with Crippen molar-refractivity contribution in [1.82, 2.24) is 4.90 Å². The predicted octanol–water partition coefficient (Wildman–Crippen LogP) is -0.459. The minimum absolute atomic E-state index is 0.220. The fourth-order valence-electron chi connectivity index (χ4n) is 1.54. The average molecular weight is 203 g/mol. The Bertz CT molecular complexity index is 200. The van der Waals surface area contributed by atoms with Crippen molar-refractivity contribution in [3.8, 4) is 0 Å². The van der Waals surface area contributed by atoms with Gasteiger partial charge in [-0.25, -0.2) is 0 Å². The summed E-state index contributed by atoms with van der Waals surface area (Å²) in [6.45, 7) is 3.60. The molecule has 0 aromatic carbocycles. The molecular weight excluding hydrogens is 186 g/mol. The van der Waals surface area contributed by atoms with Gasteiger partial charge in [-0.1, -0.05) is 0 Å². The van der Waals surface area contributed by atoms with Gasteiger partial charge in [-0.15, -0.1) is 0 Å². The molecule has 1 aliphatic rings. The average Bonchev–Trinajstić information content (AvgIpc) is 2.04. The number of hydrogen-bond acceptors (Lipinski definition) is 4. The Morgan fingerprint density at radius 3 is 2.31 bits per heavy atom. The third kappa shape index (κ3) is 2.36. The number of carbonyl (C=O) groups excluding carboxylic acids is 1. The molecule has 0 aromatic heterocycles. The molecule has 0 aromatic rings. The third-order valence-corrected chi connectivity index (χ3v) is 3.04. The Morgan fingerprint density at radius 1 is 1.54 bits per heavy atom. The highest BCUT2D eigenvalue weighted by molar-refractivity contribution is 7.80. The molecule has 0 spiro atoms. The van der Waals surface area contributed by atoms with Crippen LogP contribution in [0.1, 0.15) is 19.8 Å². The van der Waals surface area contributed by atoms with E-state index in [1.807, 2.05) is 6.92 Å². The summed E-state index contributed by atoms with van der Waals surface area (Å²) in [6.07, 6.45) is 1.26. The first-order valence-corrected chi connectivity index (χ1v) is 4.98. The largest absolute Gasteiger partial charge is 0.368 e. The molecule has 1 rings (SSSR count). The van der Waals surface area contributed by atoms with E-state index in [0.717, 1.165) is 13.1 Å². The molecule has 0 aliphatic carbocycles. The first kappa shape index (κ1) is 10.8. The van der Waals surface area contributed by atoms with Crippen molar-refractivity contribution in [2.45, 2.75) is 30.7 Å². The summed E-state index contributed by atoms with van der Waals surface area (Å²) in [5.74, 6) is -0.390. The normalized spacial score (nSPS) is 25.5. The van der Waals surface area contributed by atoms with E-state index in [2.05, 4.69) is 17.5 Å². The van der Waals surface area contributed by atoms with Gasteiger partial charge < -0.3 is 11.5 Å². The topological polar surface area (TPSA) is 72.3 Å². The van der Waals surface area contributed by atoms with Crippen molar-refractivity contribution in [3.63, 3.8) is 0 Å². The summed E-state index contributed by atoms with van der Waals surface area (Å²) < 4.78 is 0. The molecule has 4 N–H and O–H groups in total. The van der Waals surface area contributed by atoms with E-state index >= 15 is 0 Å². The SMILES string of the molecule is CC(S)N1CCC(N)(C(N)=O)CC1. The maximum Gasteiger partial charge on any atom is 0.237 e. The van der Waals surface area contributed by atoms with E-state index in [-0.39, 0.29) is 11.3 Å². The van der Waals surface area contributed by atoms with Gasteiger partial charge in [0.2, 0.25) is 5.91 Å². The van der Waals surface area contributed by atoms with E-state index in [9.17, 15) is 4.79 Å². The van der Waals surface area contributed by atoms with Crippen LogP contribution in [-0.4, -0.2) is 34.8 Å². The van der Waals surface area contributed by atoms with Gasteiger partial charge in [0.05, 0.1) is 5.54 Å². The second-order valence-electron chi connectivity index (χ2n) is 3.69. The number of hydrogen-bond donors (Lipinski definition) is 3. The minimum atomic E-state index is -0.792. The smallest absolute Gasteiger partial charge is 0.237 e. The monoisotopic (exact) mass is 203 g/mol. The van der Waals surface area contributed by atoms with E-state index in [4.69, 9.17) is 11.5 Å². The Hall–Kier alpha value is -0.260. The highest BCUT2D eigenvalue weighted by Crippen LogP contribution is 2.21. The van der Waals surface area contributed by atoms with Gasteiger partial charge in [-0.05, 0) is 19.8 Å². The number of amides is 1. The van der Waals surface area contributed by atoms with Gasteiger partial charge >= 0.3 is 0 Å². The number of rotatable bonds is 2. The number of thiol groups is 1. The van der Waals surface area contributed by atoms with Crippen molar-refractivity contribution < 1.29 is 4.79 Å². The predicted molar refractivity (Wildman–Crippen MR) is 55.4 cm³/mol. The second kappa shape index (κ2) is 3.86. The maximum absolute atomic E-state index is 11.0. The molecule has 0 radical (unpaired) electrons. The zero-order valence-corrected chi connectivity index (χ0v) is 8.76. The van der Waals surface area contributed by atoms with Crippen LogP contribution in [-0.2, 0) is 4.79 Å². The Morgan fingerprint density at radius 2 is 2.00 bits per heavy atom. The highest BCUT2D eigenvalue weighted by Gasteiger charge is 2.36. The molecule has 0 saturated carbocycles. The molecule has 76 valence electrons. The van der Waals surface area contributed by atoms with Crippen LogP contribution >= 0.6 is 12.6 Å². The molecule has 1 atom stereocenters. The van der Waals surface area contributed by atoms with E-state index < -0.39 is 5.54 Å². The number of likely N-dealkylation sites (tertiary alicyclic amines) is 1. The molecular formula is C8H17N3OS. The van der Waals surface area contributed by atoms with Gasteiger partial charge in [0.1, 0.15) is 0 Å². The Balaban J connectivity index is 2.51. The lowest BCUT2D eigenvalue weighted by Crippen LogP contribution is -2.58. The lowest BCUT2D eigenvalue weighted by molar-refractivity contribution is -0.124. The van der Waals surface area contributed by atoms with Gasteiger partial charge in [-0.3, -0.25) is 9.69 Å². The van der Waals surface area contributed by atoms with Crippen LogP contribution in [0.3, 0.4) is 0 Å². The van der Waals surface area contributed by atoms with E-state index in [1.54, 1.807) is 0 Å². The molecule has 5 heteroatoms. The third-order valence-electron chi connectivity index (χ3n) is 2.71. The molecule has 1 aliphatic heterocycles. The molecule has 1 fully saturated rings. The molecule has 1 unspecified atom stereocenters. The van der Waals surface area contributed by atoms with E-state index in [0.29, 0.717) is 12.8 Å². The molecule has 1 amide bonds. The number of carbonyl (C=O) groups is 1. The summed E-state index contributed by atoms with van der Waals surface area (Å²) in [7, 11) is 0. The first-order valence-electron chi connectivity index (χ1n) is 4.46. The van der Waals surface area contributed by atoms with Crippen molar-refractivity contribution in [3.05, 3.63) is 0 Å². The zero-order valence-electron chi connectivity index (χ0n) is 7.86. The molecule has 1 saturated heterocycles. The lowest BCUT2D eigenvalue weighted by atomic mass is 9.88. The number of nitrogens with two attached hydrogens (primary N) is 2. The molecule has 0 bridgehead atoms. The number of primary amides is 1. The summed E-state index contributed by atoms with van der Waals surface area (Å²) in [5.41, 5.74) is 10.3.